The van der Waals surface area contributed by atoms with E-state index in [-0.39, 0.29) is 12.1 Å². The fourth-order valence-corrected chi connectivity index (χ4v) is 3.35. The fraction of sp³-hybridized carbons (Fsp3) is 0.611. The molecule has 0 saturated carbocycles. The van der Waals surface area contributed by atoms with Crippen molar-refractivity contribution in [2.45, 2.75) is 51.6 Å². The Morgan fingerprint density at radius 2 is 2.00 bits per heavy atom. The summed E-state index contributed by atoms with van der Waals surface area (Å²) in [5.41, 5.74) is -0.426. The highest BCUT2D eigenvalue weighted by atomic mass is 79.9. The van der Waals surface area contributed by atoms with Crippen LogP contribution in [0.25, 0.3) is 0 Å². The summed E-state index contributed by atoms with van der Waals surface area (Å²) in [6.45, 7) is 7.41. The van der Waals surface area contributed by atoms with Crippen molar-refractivity contribution in [1.29, 1.82) is 0 Å². The first-order valence-electron chi connectivity index (χ1n) is 8.40. The van der Waals surface area contributed by atoms with Crippen LogP contribution in [0.4, 0.5) is 18.0 Å². The molecule has 0 aliphatic carbocycles. The van der Waals surface area contributed by atoms with E-state index in [1.165, 1.54) is 6.07 Å². The molecule has 1 aliphatic rings. The number of amides is 1. The van der Waals surface area contributed by atoms with Gasteiger partial charge in [0.15, 0.2) is 0 Å². The van der Waals surface area contributed by atoms with Crippen LogP contribution in [0.5, 0.6) is 0 Å². The van der Waals surface area contributed by atoms with E-state index in [0.29, 0.717) is 17.6 Å². The molecule has 1 saturated heterocycles. The number of hydrogen-bond acceptors (Lipinski definition) is 3. The summed E-state index contributed by atoms with van der Waals surface area (Å²) in [5.74, 6) is 0. The lowest BCUT2D eigenvalue weighted by Crippen LogP contribution is -2.42. The van der Waals surface area contributed by atoms with Crippen LogP contribution >= 0.6 is 15.9 Å². The maximum atomic E-state index is 12.8. The minimum absolute atomic E-state index is 0.0260. The standard InChI is InChI=1S/C18H24BrF3N2O2/c1-17(2,3)26-16(25)23(4)14-7-8-24(11-14)10-12-5-6-13(9-15(12)19)18(20,21)22/h5-6,9,14H,7-8,10-11H2,1-4H3/t14-/m1/s1. The molecule has 0 aromatic heterocycles. The lowest BCUT2D eigenvalue weighted by molar-refractivity contribution is -0.137. The quantitative estimate of drug-likeness (QED) is 0.674. The maximum absolute atomic E-state index is 12.8. The topological polar surface area (TPSA) is 32.8 Å². The van der Waals surface area contributed by atoms with Gasteiger partial charge >= 0.3 is 12.3 Å². The first-order chi connectivity index (χ1) is 11.9. The van der Waals surface area contributed by atoms with Crippen LogP contribution in [-0.4, -0.2) is 47.7 Å². The molecule has 1 aromatic carbocycles. The van der Waals surface area contributed by atoms with Crippen molar-refractivity contribution in [2.24, 2.45) is 0 Å². The number of carbonyl (C=O) groups excluding carboxylic acids is 1. The maximum Gasteiger partial charge on any atom is 0.416 e. The second-order valence-electron chi connectivity index (χ2n) is 7.57. The Morgan fingerprint density at radius 1 is 1.35 bits per heavy atom. The van der Waals surface area contributed by atoms with Crippen molar-refractivity contribution in [3.05, 3.63) is 33.8 Å². The van der Waals surface area contributed by atoms with Gasteiger partial charge in [0, 0.05) is 37.2 Å². The number of hydrogen-bond donors (Lipinski definition) is 0. The third-order valence-corrected chi connectivity index (χ3v) is 4.99. The first-order valence-corrected chi connectivity index (χ1v) is 9.20. The van der Waals surface area contributed by atoms with Crippen molar-refractivity contribution in [2.75, 3.05) is 20.1 Å². The van der Waals surface area contributed by atoms with E-state index in [0.717, 1.165) is 30.7 Å². The Morgan fingerprint density at radius 3 is 2.54 bits per heavy atom. The minimum atomic E-state index is -4.35. The van der Waals surface area contributed by atoms with E-state index in [9.17, 15) is 18.0 Å². The van der Waals surface area contributed by atoms with Crippen LogP contribution < -0.4 is 0 Å². The number of benzene rings is 1. The molecule has 26 heavy (non-hydrogen) atoms. The molecule has 1 aromatic rings. The molecule has 146 valence electrons. The SMILES string of the molecule is CN(C(=O)OC(C)(C)C)[C@@H]1CCN(Cc2ccc(C(F)(F)F)cc2Br)C1. The summed E-state index contributed by atoms with van der Waals surface area (Å²) < 4.78 is 44.1. The van der Waals surface area contributed by atoms with E-state index < -0.39 is 17.3 Å². The Labute approximate surface area is 160 Å². The number of rotatable bonds is 3. The van der Waals surface area contributed by atoms with Gasteiger partial charge in [0.05, 0.1) is 5.56 Å². The summed E-state index contributed by atoms with van der Waals surface area (Å²) in [6, 6.07) is 3.73. The van der Waals surface area contributed by atoms with Crippen LogP contribution in [0.1, 0.15) is 38.3 Å². The fourth-order valence-electron chi connectivity index (χ4n) is 2.85. The average molecular weight is 437 g/mol. The van der Waals surface area contributed by atoms with E-state index in [4.69, 9.17) is 4.74 Å². The molecule has 1 atom stereocenters. The molecule has 8 heteroatoms. The highest BCUT2D eigenvalue weighted by Crippen LogP contribution is 2.33. The van der Waals surface area contributed by atoms with Gasteiger partial charge in [0.25, 0.3) is 0 Å². The Bertz CT molecular complexity index is 659. The molecule has 0 unspecified atom stereocenters. The third kappa shape index (κ3) is 5.61. The highest BCUT2D eigenvalue weighted by molar-refractivity contribution is 9.10. The van der Waals surface area contributed by atoms with Gasteiger partial charge in [-0.3, -0.25) is 4.90 Å². The summed E-state index contributed by atoms with van der Waals surface area (Å²) in [4.78, 5) is 15.9. The summed E-state index contributed by atoms with van der Waals surface area (Å²) in [5, 5.41) is 0. The van der Waals surface area contributed by atoms with Gasteiger partial charge in [-0.1, -0.05) is 22.0 Å². The van der Waals surface area contributed by atoms with Gasteiger partial charge in [0.2, 0.25) is 0 Å². The number of nitrogens with zero attached hydrogens (tertiary/aromatic N) is 2. The van der Waals surface area contributed by atoms with Crippen LogP contribution in [-0.2, 0) is 17.5 Å². The molecule has 0 radical (unpaired) electrons. The molecule has 1 fully saturated rings. The van der Waals surface area contributed by atoms with Gasteiger partial charge in [-0.25, -0.2) is 4.79 Å². The molecule has 0 N–H and O–H groups in total. The van der Waals surface area contributed by atoms with Crippen molar-refractivity contribution < 1.29 is 22.7 Å². The molecule has 1 amide bonds. The van der Waals surface area contributed by atoms with Gasteiger partial charge < -0.3 is 9.64 Å². The van der Waals surface area contributed by atoms with Crippen LogP contribution in [0, 0.1) is 0 Å². The lowest BCUT2D eigenvalue weighted by Gasteiger charge is -2.28. The second kappa shape index (κ2) is 7.76. The molecule has 2 rings (SSSR count). The number of ether oxygens (including phenoxy) is 1. The second-order valence-corrected chi connectivity index (χ2v) is 8.43. The van der Waals surface area contributed by atoms with Crippen molar-refractivity contribution in [1.82, 2.24) is 9.80 Å². The highest BCUT2D eigenvalue weighted by Gasteiger charge is 2.33. The number of halogens is 4. The van der Waals surface area contributed by atoms with Gasteiger partial charge in [-0.2, -0.15) is 13.2 Å². The normalized spacial score (nSPS) is 18.8. The average Bonchev–Trinajstić information content (AvgIpc) is 2.94. The van der Waals surface area contributed by atoms with E-state index in [1.54, 1.807) is 11.9 Å². The number of carbonyl (C=O) groups is 1. The van der Waals surface area contributed by atoms with E-state index in [1.807, 2.05) is 20.8 Å². The van der Waals surface area contributed by atoms with Crippen molar-refractivity contribution >= 4 is 22.0 Å². The number of alkyl halides is 3. The van der Waals surface area contributed by atoms with Crippen LogP contribution in [0.2, 0.25) is 0 Å². The molecular weight excluding hydrogens is 413 g/mol. The van der Waals surface area contributed by atoms with Gasteiger partial charge in [-0.05, 0) is 44.9 Å². The smallest absolute Gasteiger partial charge is 0.416 e. The molecule has 1 aliphatic heterocycles. The number of likely N-dealkylation sites (N-methyl/N-ethyl adjacent to an activating group) is 1. The Hall–Kier alpha value is -1.28. The first kappa shape index (κ1) is 21.0. The number of likely N-dealkylation sites (tertiary alicyclic amines) is 1. The molecule has 0 spiro atoms. The van der Waals surface area contributed by atoms with E-state index in [2.05, 4.69) is 20.8 Å². The predicted octanol–water partition coefficient (Wildman–Crippen LogP) is 4.91. The monoisotopic (exact) mass is 436 g/mol. The van der Waals surface area contributed by atoms with Gasteiger partial charge in [-0.15, -0.1) is 0 Å². The minimum Gasteiger partial charge on any atom is -0.444 e. The third-order valence-electron chi connectivity index (χ3n) is 4.25. The zero-order valence-electron chi connectivity index (χ0n) is 15.4. The summed E-state index contributed by atoms with van der Waals surface area (Å²) in [7, 11) is 1.72. The van der Waals surface area contributed by atoms with Crippen molar-refractivity contribution in [3.8, 4) is 0 Å². The predicted molar refractivity (Wildman–Crippen MR) is 96.8 cm³/mol. The summed E-state index contributed by atoms with van der Waals surface area (Å²) >= 11 is 3.24. The molecule has 4 nitrogen and oxygen atoms in total. The van der Waals surface area contributed by atoms with Crippen LogP contribution in [0.3, 0.4) is 0 Å². The molecular formula is C18H24BrF3N2O2. The molecule has 0 bridgehead atoms. The van der Waals surface area contributed by atoms with Crippen LogP contribution in [0.15, 0.2) is 22.7 Å². The zero-order valence-corrected chi connectivity index (χ0v) is 16.9. The van der Waals surface area contributed by atoms with E-state index >= 15 is 0 Å². The molecule has 1 heterocycles. The zero-order chi connectivity index (χ0) is 19.7. The largest absolute Gasteiger partial charge is 0.444 e. The van der Waals surface area contributed by atoms with Gasteiger partial charge in [0.1, 0.15) is 5.60 Å². The summed E-state index contributed by atoms with van der Waals surface area (Å²) in [6.07, 6.45) is -3.91. The Kier molecular flexibility index (Phi) is 6.28. The van der Waals surface area contributed by atoms with Crippen molar-refractivity contribution in [3.63, 3.8) is 0 Å². The Balaban J connectivity index is 1.96. The lowest BCUT2D eigenvalue weighted by atomic mass is 10.1.